The van der Waals surface area contributed by atoms with E-state index in [4.69, 9.17) is 0 Å². The maximum absolute atomic E-state index is 12.2. The first-order chi connectivity index (χ1) is 13.5. The molecule has 28 heavy (non-hydrogen) atoms. The molecule has 1 N–H and O–H groups in total. The Labute approximate surface area is 176 Å². The number of amides is 1. The number of piperazine rings is 1. The second kappa shape index (κ2) is 10.0. The van der Waals surface area contributed by atoms with Crippen LogP contribution in [0.5, 0.6) is 0 Å². The molecule has 0 saturated carbocycles. The molecular formula is C22H29BrN4O. The molecule has 1 aliphatic rings. The van der Waals surface area contributed by atoms with Gasteiger partial charge in [-0.05, 0) is 51.5 Å². The van der Waals surface area contributed by atoms with E-state index < -0.39 is 0 Å². The Bertz CT molecular complexity index is 753. The monoisotopic (exact) mass is 444 g/mol. The molecule has 5 nitrogen and oxygen atoms in total. The van der Waals surface area contributed by atoms with Crippen LogP contribution >= 0.6 is 15.9 Å². The van der Waals surface area contributed by atoms with E-state index in [1.165, 1.54) is 11.1 Å². The number of halogens is 1. The SMILES string of the molecule is CC(C)c1ccc(CCNC(=O)CN2CCN(c3ccc(Br)cn3)CC2)cc1. The van der Waals surface area contributed by atoms with Gasteiger partial charge in [-0.15, -0.1) is 0 Å². The molecule has 0 radical (unpaired) electrons. The molecule has 0 atom stereocenters. The van der Waals surface area contributed by atoms with Crippen LogP contribution < -0.4 is 10.2 Å². The van der Waals surface area contributed by atoms with Crippen LogP contribution in [0.25, 0.3) is 0 Å². The van der Waals surface area contributed by atoms with Gasteiger partial charge in [0.2, 0.25) is 5.91 Å². The topological polar surface area (TPSA) is 48.5 Å². The molecule has 1 saturated heterocycles. The fourth-order valence-corrected chi connectivity index (χ4v) is 3.60. The third-order valence-corrected chi connectivity index (χ3v) is 5.63. The summed E-state index contributed by atoms with van der Waals surface area (Å²) >= 11 is 3.42. The highest BCUT2D eigenvalue weighted by Crippen LogP contribution is 2.17. The van der Waals surface area contributed by atoms with Crippen molar-refractivity contribution in [3.8, 4) is 0 Å². The lowest BCUT2D eigenvalue weighted by Gasteiger charge is -2.35. The molecule has 3 rings (SSSR count). The Hall–Kier alpha value is -1.92. The van der Waals surface area contributed by atoms with Crippen molar-refractivity contribution < 1.29 is 4.79 Å². The summed E-state index contributed by atoms with van der Waals surface area (Å²) in [7, 11) is 0. The van der Waals surface area contributed by atoms with Gasteiger partial charge in [-0.25, -0.2) is 4.98 Å². The van der Waals surface area contributed by atoms with Crippen molar-refractivity contribution in [1.29, 1.82) is 0 Å². The molecule has 1 aromatic heterocycles. The summed E-state index contributed by atoms with van der Waals surface area (Å²) < 4.78 is 0.988. The normalized spacial score (nSPS) is 15.1. The molecule has 0 bridgehead atoms. The molecule has 1 aromatic carbocycles. The summed E-state index contributed by atoms with van der Waals surface area (Å²) in [5.74, 6) is 1.65. The number of anilines is 1. The van der Waals surface area contributed by atoms with Gasteiger partial charge in [0, 0.05) is 43.4 Å². The number of carbonyl (C=O) groups is 1. The minimum atomic E-state index is 0.106. The zero-order valence-electron chi connectivity index (χ0n) is 16.7. The van der Waals surface area contributed by atoms with Crippen LogP contribution in [0.2, 0.25) is 0 Å². The van der Waals surface area contributed by atoms with E-state index in [2.05, 4.69) is 74.1 Å². The average Bonchev–Trinajstić information content (AvgIpc) is 2.70. The predicted molar refractivity (Wildman–Crippen MR) is 118 cm³/mol. The molecule has 2 aromatic rings. The fraction of sp³-hybridized carbons (Fsp3) is 0.455. The number of nitrogens with one attached hydrogen (secondary N) is 1. The van der Waals surface area contributed by atoms with Crippen LogP contribution in [-0.2, 0) is 11.2 Å². The zero-order valence-corrected chi connectivity index (χ0v) is 18.3. The Kier molecular flexibility index (Phi) is 7.45. The van der Waals surface area contributed by atoms with Crippen molar-refractivity contribution in [1.82, 2.24) is 15.2 Å². The Balaban J connectivity index is 1.36. The van der Waals surface area contributed by atoms with Crippen LogP contribution in [0.15, 0.2) is 47.1 Å². The molecule has 1 fully saturated rings. The van der Waals surface area contributed by atoms with Gasteiger partial charge >= 0.3 is 0 Å². The first-order valence-corrected chi connectivity index (χ1v) is 10.7. The second-order valence-corrected chi connectivity index (χ2v) is 8.51. The molecule has 0 unspecified atom stereocenters. The number of pyridine rings is 1. The second-order valence-electron chi connectivity index (χ2n) is 7.59. The predicted octanol–water partition coefficient (Wildman–Crippen LogP) is 3.45. The van der Waals surface area contributed by atoms with Crippen LogP contribution in [0.1, 0.15) is 30.9 Å². The number of benzene rings is 1. The Morgan fingerprint density at radius 3 is 2.43 bits per heavy atom. The van der Waals surface area contributed by atoms with Crippen molar-refractivity contribution in [3.63, 3.8) is 0 Å². The lowest BCUT2D eigenvalue weighted by molar-refractivity contribution is -0.122. The van der Waals surface area contributed by atoms with Gasteiger partial charge in [-0.1, -0.05) is 38.1 Å². The highest BCUT2D eigenvalue weighted by molar-refractivity contribution is 9.10. The van der Waals surface area contributed by atoms with E-state index in [-0.39, 0.29) is 5.91 Å². The Morgan fingerprint density at radius 1 is 1.11 bits per heavy atom. The van der Waals surface area contributed by atoms with Gasteiger partial charge in [0.15, 0.2) is 0 Å². The molecule has 2 heterocycles. The van der Waals surface area contributed by atoms with E-state index in [0.717, 1.165) is 42.9 Å². The van der Waals surface area contributed by atoms with E-state index in [0.29, 0.717) is 19.0 Å². The van der Waals surface area contributed by atoms with Crippen molar-refractivity contribution >= 4 is 27.7 Å². The van der Waals surface area contributed by atoms with Gasteiger partial charge < -0.3 is 10.2 Å². The molecule has 1 amide bonds. The van der Waals surface area contributed by atoms with Crippen LogP contribution in [0.4, 0.5) is 5.82 Å². The highest BCUT2D eigenvalue weighted by Gasteiger charge is 2.19. The number of rotatable bonds is 7. The van der Waals surface area contributed by atoms with Crippen LogP contribution in [-0.4, -0.2) is 55.1 Å². The van der Waals surface area contributed by atoms with Gasteiger partial charge in [-0.3, -0.25) is 9.69 Å². The largest absolute Gasteiger partial charge is 0.355 e. The molecule has 6 heteroatoms. The third-order valence-electron chi connectivity index (χ3n) is 5.16. The molecule has 0 spiro atoms. The van der Waals surface area contributed by atoms with Gasteiger partial charge in [0.1, 0.15) is 5.82 Å². The zero-order chi connectivity index (χ0) is 19.9. The lowest BCUT2D eigenvalue weighted by atomic mass is 10.0. The highest BCUT2D eigenvalue weighted by atomic mass is 79.9. The minimum absolute atomic E-state index is 0.106. The summed E-state index contributed by atoms with van der Waals surface area (Å²) in [6, 6.07) is 12.7. The minimum Gasteiger partial charge on any atom is -0.355 e. The summed E-state index contributed by atoms with van der Waals surface area (Å²) in [4.78, 5) is 21.2. The average molecular weight is 445 g/mol. The summed E-state index contributed by atoms with van der Waals surface area (Å²) in [6.45, 7) is 9.09. The van der Waals surface area contributed by atoms with Crippen molar-refractivity contribution in [2.75, 3.05) is 44.2 Å². The Morgan fingerprint density at radius 2 is 1.82 bits per heavy atom. The summed E-state index contributed by atoms with van der Waals surface area (Å²) in [5, 5.41) is 3.05. The number of aromatic nitrogens is 1. The van der Waals surface area contributed by atoms with Crippen molar-refractivity contribution in [3.05, 3.63) is 58.2 Å². The van der Waals surface area contributed by atoms with E-state index in [1.54, 1.807) is 0 Å². The maximum Gasteiger partial charge on any atom is 0.234 e. The van der Waals surface area contributed by atoms with Crippen LogP contribution in [0, 0.1) is 0 Å². The van der Waals surface area contributed by atoms with E-state index in [9.17, 15) is 4.79 Å². The summed E-state index contributed by atoms with van der Waals surface area (Å²) in [5.41, 5.74) is 2.62. The van der Waals surface area contributed by atoms with Crippen molar-refractivity contribution in [2.45, 2.75) is 26.2 Å². The third kappa shape index (κ3) is 6.04. The first-order valence-electron chi connectivity index (χ1n) is 9.95. The number of carbonyl (C=O) groups excluding carboxylic acids is 1. The van der Waals surface area contributed by atoms with E-state index >= 15 is 0 Å². The standard InChI is InChI=1S/C22H29BrN4O/c1-17(2)19-5-3-18(4-6-19)9-10-24-22(28)16-26-11-13-27(14-12-26)21-8-7-20(23)15-25-21/h3-8,15,17H,9-14,16H2,1-2H3,(H,24,28). The molecular weight excluding hydrogens is 416 g/mol. The summed E-state index contributed by atoms with van der Waals surface area (Å²) in [6.07, 6.45) is 2.69. The first kappa shape index (κ1) is 20.8. The van der Waals surface area contributed by atoms with Gasteiger partial charge in [0.05, 0.1) is 6.54 Å². The van der Waals surface area contributed by atoms with E-state index in [1.807, 2.05) is 18.3 Å². The van der Waals surface area contributed by atoms with Crippen LogP contribution in [0.3, 0.4) is 0 Å². The number of nitrogens with zero attached hydrogens (tertiary/aromatic N) is 3. The van der Waals surface area contributed by atoms with Gasteiger partial charge in [0.25, 0.3) is 0 Å². The lowest BCUT2D eigenvalue weighted by Crippen LogP contribution is -2.49. The smallest absolute Gasteiger partial charge is 0.234 e. The maximum atomic E-state index is 12.2. The van der Waals surface area contributed by atoms with Gasteiger partial charge in [-0.2, -0.15) is 0 Å². The molecule has 150 valence electrons. The number of hydrogen-bond acceptors (Lipinski definition) is 4. The van der Waals surface area contributed by atoms with Crippen molar-refractivity contribution in [2.24, 2.45) is 0 Å². The molecule has 0 aliphatic carbocycles. The fourth-order valence-electron chi connectivity index (χ4n) is 3.36. The molecule has 1 aliphatic heterocycles. The quantitative estimate of drug-likeness (QED) is 0.710. The number of hydrogen-bond donors (Lipinski definition) is 1.